The Hall–Kier alpha value is -1.10. The monoisotopic (exact) mass is 309 g/mol. The van der Waals surface area contributed by atoms with Gasteiger partial charge in [-0.05, 0) is 45.1 Å². The number of hydrogen-bond acceptors (Lipinski definition) is 3. The molecule has 0 aromatic heterocycles. The quantitative estimate of drug-likeness (QED) is 0.782. The molecule has 2 fully saturated rings. The van der Waals surface area contributed by atoms with Gasteiger partial charge in [-0.1, -0.05) is 26.7 Å². The zero-order valence-electron chi connectivity index (χ0n) is 14.4. The molecule has 4 atom stereocenters. The van der Waals surface area contributed by atoms with Crippen LogP contribution >= 0.6 is 0 Å². The fraction of sp³-hybridized carbons (Fsp3) is 0.882. The Balaban J connectivity index is 1.78. The van der Waals surface area contributed by atoms with Crippen molar-refractivity contribution in [3.8, 4) is 0 Å². The molecule has 2 aliphatic carbocycles. The highest BCUT2D eigenvalue weighted by molar-refractivity contribution is 5.83. The van der Waals surface area contributed by atoms with Gasteiger partial charge in [-0.25, -0.2) is 0 Å². The van der Waals surface area contributed by atoms with Crippen LogP contribution in [0.1, 0.15) is 52.9 Å². The van der Waals surface area contributed by atoms with Crippen molar-refractivity contribution in [2.75, 3.05) is 13.6 Å². The van der Waals surface area contributed by atoms with Gasteiger partial charge in [0.05, 0.1) is 12.6 Å². The third kappa shape index (κ3) is 4.70. The van der Waals surface area contributed by atoms with E-state index in [1.807, 2.05) is 18.9 Å². The Labute approximate surface area is 134 Å². The van der Waals surface area contributed by atoms with Crippen molar-refractivity contribution in [2.45, 2.75) is 71.0 Å². The van der Waals surface area contributed by atoms with E-state index in [1.54, 1.807) is 0 Å². The molecule has 2 aliphatic rings. The number of likely N-dealkylation sites (N-methyl/N-ethyl adjacent to an activating group) is 1. The summed E-state index contributed by atoms with van der Waals surface area (Å²) in [5.41, 5.74) is 0. The average Bonchev–Trinajstić information content (AvgIpc) is 3.26. The number of amides is 2. The van der Waals surface area contributed by atoms with E-state index >= 15 is 0 Å². The summed E-state index contributed by atoms with van der Waals surface area (Å²) in [6.45, 7) is 6.64. The van der Waals surface area contributed by atoms with Crippen LogP contribution in [0.25, 0.3) is 0 Å². The Kier molecular flexibility index (Phi) is 5.84. The summed E-state index contributed by atoms with van der Waals surface area (Å²) < 4.78 is 0. The van der Waals surface area contributed by atoms with Gasteiger partial charge in [-0.2, -0.15) is 0 Å². The first-order valence-corrected chi connectivity index (χ1v) is 8.68. The highest BCUT2D eigenvalue weighted by atomic mass is 16.2. The molecule has 0 aromatic carbocycles. The van der Waals surface area contributed by atoms with Crippen LogP contribution in [0.15, 0.2) is 0 Å². The lowest BCUT2D eigenvalue weighted by atomic mass is 9.78. The molecule has 0 aromatic rings. The molecular weight excluding hydrogens is 278 g/mol. The van der Waals surface area contributed by atoms with Crippen molar-refractivity contribution < 1.29 is 9.59 Å². The second-order valence-corrected chi connectivity index (χ2v) is 7.32. The minimum absolute atomic E-state index is 0.0179. The first kappa shape index (κ1) is 17.3. The minimum Gasteiger partial charge on any atom is -0.352 e. The van der Waals surface area contributed by atoms with E-state index in [9.17, 15) is 9.59 Å². The molecule has 0 aliphatic heterocycles. The van der Waals surface area contributed by atoms with Crippen LogP contribution in [0.2, 0.25) is 0 Å². The SMILES string of the molecule is C[C@H]1[C@@H](NC(=O)[C@@H](C)N(C)CC(=O)NC2CC2)CCC[C@@H]1C. The van der Waals surface area contributed by atoms with Crippen molar-refractivity contribution in [1.29, 1.82) is 0 Å². The standard InChI is InChI=1S/C17H31N3O2/c1-11-6-5-7-15(12(11)2)19-17(22)13(3)20(4)10-16(21)18-14-8-9-14/h11-15H,5-10H2,1-4H3,(H,18,21)(H,19,22)/t11-,12+,13+,15-/m0/s1. The molecule has 126 valence electrons. The predicted octanol–water partition coefficient (Wildman–Crippen LogP) is 1.53. The van der Waals surface area contributed by atoms with Gasteiger partial charge in [0.2, 0.25) is 11.8 Å². The van der Waals surface area contributed by atoms with E-state index < -0.39 is 0 Å². The highest BCUT2D eigenvalue weighted by Crippen LogP contribution is 2.29. The van der Waals surface area contributed by atoms with Gasteiger partial charge in [-0.15, -0.1) is 0 Å². The summed E-state index contributed by atoms with van der Waals surface area (Å²) in [4.78, 5) is 26.1. The molecule has 22 heavy (non-hydrogen) atoms. The van der Waals surface area contributed by atoms with E-state index in [1.165, 1.54) is 12.8 Å². The van der Waals surface area contributed by atoms with E-state index in [2.05, 4.69) is 24.5 Å². The third-order valence-corrected chi connectivity index (χ3v) is 5.41. The smallest absolute Gasteiger partial charge is 0.237 e. The van der Waals surface area contributed by atoms with Gasteiger partial charge in [0.25, 0.3) is 0 Å². The van der Waals surface area contributed by atoms with Crippen LogP contribution in [-0.4, -0.2) is 48.4 Å². The van der Waals surface area contributed by atoms with Crippen molar-refractivity contribution >= 4 is 11.8 Å². The van der Waals surface area contributed by atoms with Gasteiger partial charge in [-0.3, -0.25) is 14.5 Å². The largest absolute Gasteiger partial charge is 0.352 e. The summed E-state index contributed by atoms with van der Waals surface area (Å²) in [6, 6.07) is 0.358. The molecule has 0 heterocycles. The van der Waals surface area contributed by atoms with E-state index in [0.29, 0.717) is 17.9 Å². The van der Waals surface area contributed by atoms with Crippen molar-refractivity contribution in [3.63, 3.8) is 0 Å². The molecule has 0 unspecified atom stereocenters. The number of nitrogens with one attached hydrogen (secondary N) is 2. The first-order valence-electron chi connectivity index (χ1n) is 8.68. The summed E-state index contributed by atoms with van der Waals surface area (Å²) in [6.07, 6.45) is 5.68. The Bertz CT molecular complexity index is 409. The van der Waals surface area contributed by atoms with Crippen LogP contribution in [0.3, 0.4) is 0 Å². The van der Waals surface area contributed by atoms with Gasteiger partial charge < -0.3 is 10.6 Å². The summed E-state index contributed by atoms with van der Waals surface area (Å²) >= 11 is 0. The lowest BCUT2D eigenvalue weighted by Crippen LogP contribution is -2.52. The number of carbonyl (C=O) groups is 2. The van der Waals surface area contributed by atoms with E-state index in [4.69, 9.17) is 0 Å². The zero-order valence-corrected chi connectivity index (χ0v) is 14.4. The van der Waals surface area contributed by atoms with Gasteiger partial charge in [0, 0.05) is 12.1 Å². The third-order valence-electron chi connectivity index (χ3n) is 5.41. The zero-order chi connectivity index (χ0) is 16.3. The molecular formula is C17H31N3O2. The fourth-order valence-electron chi connectivity index (χ4n) is 3.15. The van der Waals surface area contributed by atoms with Gasteiger partial charge in [0.15, 0.2) is 0 Å². The van der Waals surface area contributed by atoms with Crippen LogP contribution in [0.5, 0.6) is 0 Å². The molecule has 0 saturated heterocycles. The normalized spacial score (nSPS) is 30.0. The van der Waals surface area contributed by atoms with E-state index in [-0.39, 0.29) is 30.4 Å². The van der Waals surface area contributed by atoms with Crippen molar-refractivity contribution in [3.05, 3.63) is 0 Å². The van der Waals surface area contributed by atoms with Crippen LogP contribution in [0.4, 0.5) is 0 Å². The average molecular weight is 309 g/mol. The lowest BCUT2D eigenvalue weighted by molar-refractivity contribution is -0.128. The Morgan fingerprint density at radius 3 is 2.45 bits per heavy atom. The number of hydrogen-bond donors (Lipinski definition) is 2. The molecule has 5 nitrogen and oxygen atoms in total. The lowest BCUT2D eigenvalue weighted by Gasteiger charge is -2.36. The van der Waals surface area contributed by atoms with Gasteiger partial charge in [0.1, 0.15) is 0 Å². The Morgan fingerprint density at radius 2 is 1.82 bits per heavy atom. The summed E-state index contributed by atoms with van der Waals surface area (Å²) in [5.74, 6) is 1.24. The maximum absolute atomic E-state index is 12.4. The van der Waals surface area contributed by atoms with Crippen LogP contribution in [0, 0.1) is 11.8 Å². The van der Waals surface area contributed by atoms with Crippen LogP contribution < -0.4 is 10.6 Å². The molecule has 0 bridgehead atoms. The molecule has 0 radical (unpaired) electrons. The summed E-state index contributed by atoms with van der Waals surface area (Å²) in [5, 5.41) is 6.15. The first-order chi connectivity index (χ1) is 10.4. The minimum atomic E-state index is -0.283. The molecule has 2 N–H and O–H groups in total. The predicted molar refractivity (Wildman–Crippen MR) is 87.4 cm³/mol. The van der Waals surface area contributed by atoms with E-state index in [0.717, 1.165) is 19.3 Å². The summed E-state index contributed by atoms with van der Waals surface area (Å²) in [7, 11) is 1.84. The molecule has 2 amide bonds. The second kappa shape index (κ2) is 7.44. The van der Waals surface area contributed by atoms with Crippen molar-refractivity contribution in [1.82, 2.24) is 15.5 Å². The molecule has 0 spiro atoms. The second-order valence-electron chi connectivity index (χ2n) is 7.32. The maximum atomic E-state index is 12.4. The number of rotatable bonds is 6. The maximum Gasteiger partial charge on any atom is 0.237 e. The fourth-order valence-corrected chi connectivity index (χ4v) is 3.15. The number of nitrogens with zero attached hydrogens (tertiary/aromatic N) is 1. The van der Waals surface area contributed by atoms with Crippen LogP contribution in [-0.2, 0) is 9.59 Å². The molecule has 5 heteroatoms. The van der Waals surface area contributed by atoms with Gasteiger partial charge >= 0.3 is 0 Å². The number of carbonyl (C=O) groups excluding carboxylic acids is 2. The topological polar surface area (TPSA) is 61.4 Å². The van der Waals surface area contributed by atoms with Crippen molar-refractivity contribution in [2.24, 2.45) is 11.8 Å². The highest BCUT2D eigenvalue weighted by Gasteiger charge is 2.30. The molecule has 2 rings (SSSR count). The Morgan fingerprint density at radius 1 is 1.14 bits per heavy atom. The molecule has 2 saturated carbocycles.